The summed E-state index contributed by atoms with van der Waals surface area (Å²) in [6, 6.07) is 16.4. The number of hydrogen-bond acceptors (Lipinski definition) is 1. The van der Waals surface area contributed by atoms with Crippen molar-refractivity contribution < 1.29 is 4.42 Å². The van der Waals surface area contributed by atoms with Crippen LogP contribution in [0.15, 0.2) is 61.9 Å². The summed E-state index contributed by atoms with van der Waals surface area (Å²) in [6.07, 6.45) is 0. The average molecular weight is 564 g/mol. The van der Waals surface area contributed by atoms with E-state index >= 15 is 0 Å². The third kappa shape index (κ3) is 3.68. The van der Waals surface area contributed by atoms with Crippen LogP contribution in [0.25, 0.3) is 22.6 Å². The van der Waals surface area contributed by atoms with E-state index in [1.165, 1.54) is 11.1 Å². The summed E-state index contributed by atoms with van der Waals surface area (Å²) in [6.45, 7) is 0. The predicted octanol–water partition coefficient (Wildman–Crippen LogP) is 7.93. The Morgan fingerprint density at radius 3 is 1.26 bits per heavy atom. The maximum atomic E-state index is 6.29. The number of halogens is 4. The van der Waals surface area contributed by atoms with E-state index in [1.807, 2.05) is 24.3 Å². The summed E-state index contributed by atoms with van der Waals surface area (Å²) in [5.41, 5.74) is 4.52. The summed E-state index contributed by atoms with van der Waals surface area (Å²) in [4.78, 5) is 0. The topological polar surface area (TPSA) is 13.1 Å². The second-order valence-corrected chi connectivity index (χ2v) is 7.95. The van der Waals surface area contributed by atoms with Gasteiger partial charge in [0.2, 0.25) is 0 Å². The molecule has 0 aliphatic carbocycles. The summed E-state index contributed by atoms with van der Waals surface area (Å²) in [5, 5.41) is 1.50. The van der Waals surface area contributed by atoms with Gasteiger partial charge in [-0.3, -0.25) is 0 Å². The number of hydrogen-bond donors (Lipinski definition) is 0. The van der Waals surface area contributed by atoms with E-state index in [1.54, 1.807) is 0 Å². The van der Waals surface area contributed by atoms with E-state index in [2.05, 4.69) is 88.0 Å². The fraction of sp³-hybridized carbons (Fsp3) is 0.111. The van der Waals surface area contributed by atoms with Gasteiger partial charge < -0.3 is 4.42 Å². The van der Waals surface area contributed by atoms with Crippen molar-refractivity contribution in [2.24, 2.45) is 0 Å². The Morgan fingerprint density at radius 1 is 0.609 bits per heavy atom. The fourth-order valence-electron chi connectivity index (χ4n) is 2.45. The Kier molecular flexibility index (Phi) is 5.83. The van der Waals surface area contributed by atoms with Crippen LogP contribution >= 0.6 is 63.7 Å². The van der Waals surface area contributed by atoms with E-state index in [9.17, 15) is 0 Å². The quantitative estimate of drug-likeness (QED) is 0.294. The van der Waals surface area contributed by atoms with Gasteiger partial charge in [0, 0.05) is 41.9 Å². The molecule has 0 radical (unpaired) electrons. The van der Waals surface area contributed by atoms with Crippen molar-refractivity contribution in [3.05, 3.63) is 68.6 Å². The lowest BCUT2D eigenvalue weighted by Gasteiger charge is -2.01. The highest BCUT2D eigenvalue weighted by molar-refractivity contribution is 9.10. The lowest BCUT2D eigenvalue weighted by atomic mass is 10.0. The smallest absolute Gasteiger partial charge is 0.139 e. The molecule has 0 bridgehead atoms. The van der Waals surface area contributed by atoms with Crippen LogP contribution in [0.5, 0.6) is 0 Å². The maximum absolute atomic E-state index is 6.29. The first kappa shape index (κ1) is 17.5. The zero-order chi connectivity index (χ0) is 16.4. The summed E-state index contributed by atoms with van der Waals surface area (Å²) in [7, 11) is 0. The van der Waals surface area contributed by atoms with Crippen LogP contribution in [-0.4, -0.2) is 0 Å². The molecule has 2 aromatic carbocycles. The van der Waals surface area contributed by atoms with Crippen LogP contribution in [0.2, 0.25) is 0 Å². The Morgan fingerprint density at radius 2 is 0.957 bits per heavy atom. The molecule has 0 N–H and O–H groups in total. The van der Waals surface area contributed by atoms with Gasteiger partial charge in [-0.25, -0.2) is 0 Å². The summed E-state index contributed by atoms with van der Waals surface area (Å²) < 4.78 is 8.40. The monoisotopic (exact) mass is 560 g/mol. The SMILES string of the molecule is BrCc1c(-c2ccc(Br)cc2)oc(-c2ccc(Br)cc2)c1CBr. The molecule has 0 unspecified atom stereocenters. The van der Waals surface area contributed by atoms with E-state index in [0.717, 1.165) is 42.3 Å². The maximum Gasteiger partial charge on any atom is 0.139 e. The molecule has 0 atom stereocenters. The van der Waals surface area contributed by atoms with E-state index in [0.29, 0.717) is 0 Å². The molecule has 0 spiro atoms. The summed E-state index contributed by atoms with van der Waals surface area (Å²) in [5.74, 6) is 1.84. The minimum Gasteiger partial charge on any atom is -0.455 e. The van der Waals surface area contributed by atoms with Gasteiger partial charge in [0.25, 0.3) is 0 Å². The van der Waals surface area contributed by atoms with Gasteiger partial charge in [0.1, 0.15) is 11.5 Å². The van der Waals surface area contributed by atoms with Gasteiger partial charge in [-0.05, 0) is 24.3 Å². The van der Waals surface area contributed by atoms with Crippen LogP contribution in [-0.2, 0) is 10.7 Å². The minimum atomic E-state index is 0.749. The first-order valence-corrected chi connectivity index (χ1v) is 10.7. The molecular weight excluding hydrogens is 552 g/mol. The van der Waals surface area contributed by atoms with Crippen molar-refractivity contribution in [2.45, 2.75) is 10.7 Å². The zero-order valence-electron chi connectivity index (χ0n) is 12.0. The number of benzene rings is 2. The molecule has 0 aliphatic rings. The normalized spacial score (nSPS) is 11.0. The van der Waals surface area contributed by atoms with E-state index in [4.69, 9.17) is 4.42 Å². The molecule has 0 amide bonds. The highest BCUT2D eigenvalue weighted by Crippen LogP contribution is 2.40. The average Bonchev–Trinajstić information content (AvgIpc) is 2.94. The van der Waals surface area contributed by atoms with E-state index < -0.39 is 0 Å². The molecule has 3 aromatic rings. The first-order valence-electron chi connectivity index (χ1n) is 6.92. The van der Waals surface area contributed by atoms with Crippen LogP contribution < -0.4 is 0 Å². The van der Waals surface area contributed by atoms with Gasteiger partial charge in [-0.1, -0.05) is 88.0 Å². The highest BCUT2D eigenvalue weighted by atomic mass is 79.9. The van der Waals surface area contributed by atoms with Crippen molar-refractivity contribution in [1.82, 2.24) is 0 Å². The standard InChI is InChI=1S/C18H12Br4O/c19-9-15-16(10-20)18(12-3-7-14(22)8-4-12)23-17(15)11-1-5-13(21)6-2-11/h1-8H,9-10H2. The van der Waals surface area contributed by atoms with Crippen molar-refractivity contribution in [2.75, 3.05) is 0 Å². The fourth-order valence-corrected chi connectivity index (χ4v) is 4.17. The van der Waals surface area contributed by atoms with Gasteiger partial charge in [0.15, 0.2) is 0 Å². The van der Waals surface area contributed by atoms with Crippen molar-refractivity contribution in [3.8, 4) is 22.6 Å². The van der Waals surface area contributed by atoms with Gasteiger partial charge in [-0.15, -0.1) is 0 Å². The third-order valence-electron chi connectivity index (χ3n) is 3.60. The third-order valence-corrected chi connectivity index (χ3v) is 5.78. The summed E-state index contributed by atoms with van der Waals surface area (Å²) >= 11 is 14.2. The zero-order valence-corrected chi connectivity index (χ0v) is 18.3. The molecule has 118 valence electrons. The molecule has 1 nitrogen and oxygen atoms in total. The molecule has 1 aromatic heterocycles. The van der Waals surface area contributed by atoms with Crippen LogP contribution in [0.4, 0.5) is 0 Å². The van der Waals surface area contributed by atoms with Crippen LogP contribution in [0.3, 0.4) is 0 Å². The van der Waals surface area contributed by atoms with Gasteiger partial charge >= 0.3 is 0 Å². The number of rotatable bonds is 4. The van der Waals surface area contributed by atoms with Crippen molar-refractivity contribution >= 4 is 63.7 Å². The Balaban J connectivity index is 2.18. The lowest BCUT2D eigenvalue weighted by molar-refractivity contribution is 0.594. The molecule has 1 heterocycles. The molecular formula is C18H12Br4O. The van der Waals surface area contributed by atoms with Crippen LogP contribution in [0.1, 0.15) is 11.1 Å². The largest absolute Gasteiger partial charge is 0.455 e. The number of alkyl halides is 2. The number of furan rings is 1. The highest BCUT2D eigenvalue weighted by Gasteiger charge is 2.21. The molecule has 0 saturated heterocycles. The van der Waals surface area contributed by atoms with Crippen molar-refractivity contribution in [3.63, 3.8) is 0 Å². The molecule has 3 rings (SSSR count). The second kappa shape index (κ2) is 7.68. The Labute approximate surface area is 169 Å². The predicted molar refractivity (Wildman–Crippen MR) is 110 cm³/mol. The molecule has 0 saturated carbocycles. The first-order chi connectivity index (χ1) is 11.1. The molecule has 0 aliphatic heterocycles. The van der Waals surface area contributed by atoms with Crippen molar-refractivity contribution in [1.29, 1.82) is 0 Å². The molecule has 23 heavy (non-hydrogen) atoms. The molecule has 5 heteroatoms. The second-order valence-electron chi connectivity index (χ2n) is 5.00. The van der Waals surface area contributed by atoms with Crippen LogP contribution in [0, 0.1) is 0 Å². The van der Waals surface area contributed by atoms with Gasteiger partial charge in [-0.2, -0.15) is 0 Å². The Bertz CT molecular complexity index is 736. The van der Waals surface area contributed by atoms with Gasteiger partial charge in [0.05, 0.1) is 0 Å². The van der Waals surface area contributed by atoms with E-state index in [-0.39, 0.29) is 0 Å². The Hall–Kier alpha value is -0.360. The minimum absolute atomic E-state index is 0.749. The lowest BCUT2D eigenvalue weighted by Crippen LogP contribution is -1.87. The molecule has 0 fully saturated rings.